The van der Waals surface area contributed by atoms with Gasteiger partial charge in [-0.2, -0.15) is 10.2 Å². The van der Waals surface area contributed by atoms with Crippen molar-refractivity contribution in [3.8, 4) is 16.9 Å². The Bertz CT molecular complexity index is 1740. The van der Waals surface area contributed by atoms with Gasteiger partial charge in [-0.05, 0) is 48.9 Å². The number of ether oxygens (including phenoxy) is 1. The highest BCUT2D eigenvalue weighted by Crippen LogP contribution is 2.35. The second-order valence-corrected chi connectivity index (χ2v) is 10.9. The number of aromatic nitrogens is 4. The van der Waals surface area contributed by atoms with Crippen molar-refractivity contribution in [3.05, 3.63) is 108 Å². The minimum atomic E-state index is -0.936. The number of carbonyl (C=O) groups excluding carboxylic acids is 1. The van der Waals surface area contributed by atoms with Crippen LogP contribution in [-0.2, 0) is 11.8 Å². The van der Waals surface area contributed by atoms with Crippen LogP contribution < -0.4 is 10.6 Å². The van der Waals surface area contributed by atoms with Crippen molar-refractivity contribution >= 4 is 11.8 Å². The molecule has 1 aliphatic heterocycles. The van der Waals surface area contributed by atoms with Crippen molar-refractivity contribution in [2.24, 2.45) is 7.05 Å². The van der Waals surface area contributed by atoms with Gasteiger partial charge in [-0.1, -0.05) is 24.3 Å². The molecule has 2 amide bonds. The smallest absolute Gasteiger partial charge is 0.320 e. The summed E-state index contributed by atoms with van der Waals surface area (Å²) in [4.78, 5) is 15.8. The molecule has 44 heavy (non-hydrogen) atoms. The van der Waals surface area contributed by atoms with Crippen LogP contribution in [-0.4, -0.2) is 63.3 Å². The highest BCUT2D eigenvalue weighted by Gasteiger charge is 2.39. The number of carbonyl (C=O) groups is 1. The number of methoxy groups -OCH3 is 1. The third-order valence-electron chi connectivity index (χ3n) is 8.01. The number of halogens is 2. The van der Waals surface area contributed by atoms with Gasteiger partial charge in [0.25, 0.3) is 0 Å². The molecule has 2 aromatic carbocycles. The monoisotopic (exact) mass is 601 g/mol. The molecule has 5 aromatic rings. The molecule has 0 aliphatic carbocycles. The molecule has 3 aromatic heterocycles. The lowest BCUT2D eigenvalue weighted by Crippen LogP contribution is -2.43. The maximum atomic E-state index is 14.4. The van der Waals surface area contributed by atoms with Gasteiger partial charge in [0.05, 0.1) is 36.8 Å². The number of aryl methyl sites for hydroxylation is 1. The number of amides is 2. The van der Waals surface area contributed by atoms with Crippen molar-refractivity contribution in [1.29, 1.82) is 0 Å². The van der Waals surface area contributed by atoms with Crippen molar-refractivity contribution in [2.45, 2.75) is 24.9 Å². The van der Waals surface area contributed by atoms with Crippen molar-refractivity contribution in [3.63, 3.8) is 0 Å². The molecule has 1 fully saturated rings. The van der Waals surface area contributed by atoms with Crippen LogP contribution in [0.25, 0.3) is 16.9 Å². The normalized spacial score (nSPS) is 17.6. The van der Waals surface area contributed by atoms with E-state index >= 15 is 0 Å². The number of urea groups is 1. The van der Waals surface area contributed by atoms with E-state index in [0.717, 1.165) is 22.9 Å². The average Bonchev–Trinajstić information content (AvgIpc) is 3.83. The second-order valence-electron chi connectivity index (χ2n) is 10.9. The number of para-hydroxylation sites is 1. The number of likely N-dealkylation sites (tertiary alicyclic amines) is 1. The number of rotatable bonds is 9. The molecule has 12 heteroatoms. The summed E-state index contributed by atoms with van der Waals surface area (Å²) < 4.78 is 42.8. The van der Waals surface area contributed by atoms with Crippen molar-refractivity contribution in [2.75, 3.05) is 32.1 Å². The predicted octanol–water partition coefficient (Wildman–Crippen LogP) is 5.43. The van der Waals surface area contributed by atoms with E-state index < -0.39 is 23.7 Å². The number of hydrogen-bond donors (Lipinski definition) is 2. The number of benzene rings is 2. The first-order valence-corrected chi connectivity index (χ1v) is 14.2. The molecular formula is C32H33F2N7O3. The summed E-state index contributed by atoms with van der Waals surface area (Å²) in [5.74, 6) is -0.982. The van der Waals surface area contributed by atoms with Crippen LogP contribution >= 0.6 is 0 Å². The van der Waals surface area contributed by atoms with E-state index in [4.69, 9.17) is 14.3 Å². The summed E-state index contributed by atoms with van der Waals surface area (Å²) in [7, 11) is 3.44. The van der Waals surface area contributed by atoms with E-state index in [1.807, 2.05) is 62.6 Å². The Labute approximate surface area is 253 Å². The van der Waals surface area contributed by atoms with Gasteiger partial charge in [0.15, 0.2) is 11.6 Å². The molecule has 2 N–H and O–H groups in total. The fraction of sp³-hybridized carbons (Fsp3) is 0.281. The lowest BCUT2D eigenvalue weighted by atomic mass is 9.94. The van der Waals surface area contributed by atoms with Crippen LogP contribution in [0.1, 0.15) is 28.8 Å². The number of nitrogens with zero attached hydrogens (tertiary/aromatic N) is 5. The van der Waals surface area contributed by atoms with Gasteiger partial charge in [0.1, 0.15) is 17.3 Å². The van der Waals surface area contributed by atoms with Gasteiger partial charge < -0.3 is 14.5 Å². The largest absolute Gasteiger partial charge is 0.468 e. The molecule has 0 radical (unpaired) electrons. The quantitative estimate of drug-likeness (QED) is 0.234. The van der Waals surface area contributed by atoms with Crippen LogP contribution in [0.2, 0.25) is 0 Å². The Morgan fingerprint density at radius 2 is 1.93 bits per heavy atom. The Morgan fingerprint density at radius 3 is 2.61 bits per heavy atom. The summed E-state index contributed by atoms with van der Waals surface area (Å²) in [5.41, 5.74) is 3.62. The number of anilines is 1. The van der Waals surface area contributed by atoms with Gasteiger partial charge >= 0.3 is 6.03 Å². The van der Waals surface area contributed by atoms with E-state index in [1.54, 1.807) is 35.0 Å². The Hall–Kier alpha value is -4.81. The van der Waals surface area contributed by atoms with Gasteiger partial charge in [-0.25, -0.2) is 18.3 Å². The highest BCUT2D eigenvalue weighted by atomic mass is 19.2. The predicted molar refractivity (Wildman–Crippen MR) is 160 cm³/mol. The molecule has 0 bridgehead atoms. The molecular weight excluding hydrogens is 568 g/mol. The average molecular weight is 602 g/mol. The molecule has 0 spiro atoms. The fourth-order valence-electron chi connectivity index (χ4n) is 5.85. The molecule has 1 unspecified atom stereocenters. The van der Waals surface area contributed by atoms with Crippen molar-refractivity contribution < 1.29 is 22.7 Å². The zero-order valence-corrected chi connectivity index (χ0v) is 24.6. The van der Waals surface area contributed by atoms with Crippen LogP contribution in [0.5, 0.6) is 0 Å². The SMILES string of the molecule is COCC(c1ccco1)N1C[C@@H](NC(=O)Nc2c(C)c(-c3cnn(C)c3)nn2-c2ccccc2)[C@H](c2ccc(F)c(F)c2)C1. The van der Waals surface area contributed by atoms with Gasteiger partial charge in [-0.3, -0.25) is 14.9 Å². The standard InChI is InChI=1S/C32H33F2N7O3/c1-20-30(22-15-35-39(2)16-22)38-41(23-8-5-4-6-9-23)31(20)37-32(42)36-27-18-40(28(19-43-3)29-10-7-13-44-29)17-24(27)21-11-12-25(33)26(34)14-21/h4-16,24,27-28H,17-19H2,1-3H3,(H2,36,37,42)/t24-,27+,28?/m0/s1. The minimum Gasteiger partial charge on any atom is -0.468 e. The third kappa shape index (κ3) is 5.86. The molecule has 10 nitrogen and oxygen atoms in total. The van der Waals surface area contributed by atoms with Crippen molar-refractivity contribution in [1.82, 2.24) is 29.8 Å². The summed E-state index contributed by atoms with van der Waals surface area (Å²) in [6.45, 7) is 3.12. The van der Waals surface area contributed by atoms with Crippen LogP contribution in [0.3, 0.4) is 0 Å². The lowest BCUT2D eigenvalue weighted by Gasteiger charge is -2.25. The van der Waals surface area contributed by atoms with Crippen LogP contribution in [0, 0.1) is 18.6 Å². The van der Waals surface area contributed by atoms with Crippen LogP contribution in [0.4, 0.5) is 19.4 Å². The molecule has 4 heterocycles. The third-order valence-corrected chi connectivity index (χ3v) is 8.01. The van der Waals surface area contributed by atoms with Gasteiger partial charge in [0.2, 0.25) is 0 Å². The zero-order chi connectivity index (χ0) is 30.8. The number of nitrogens with one attached hydrogen (secondary N) is 2. The fourth-order valence-corrected chi connectivity index (χ4v) is 5.85. The zero-order valence-electron chi connectivity index (χ0n) is 24.6. The number of hydrogen-bond acceptors (Lipinski definition) is 6. The van der Waals surface area contributed by atoms with E-state index in [1.165, 1.54) is 6.07 Å². The summed E-state index contributed by atoms with van der Waals surface area (Å²) >= 11 is 0. The maximum Gasteiger partial charge on any atom is 0.320 e. The minimum absolute atomic E-state index is 0.235. The molecule has 1 saturated heterocycles. The molecule has 1 aliphatic rings. The molecule has 6 rings (SSSR count). The first-order chi connectivity index (χ1) is 21.3. The molecule has 0 saturated carbocycles. The van der Waals surface area contributed by atoms with Gasteiger partial charge in [0, 0.05) is 50.5 Å². The topological polar surface area (TPSA) is 102 Å². The Morgan fingerprint density at radius 1 is 1.11 bits per heavy atom. The lowest BCUT2D eigenvalue weighted by molar-refractivity contribution is 0.0907. The summed E-state index contributed by atoms with van der Waals surface area (Å²) in [6, 6.07) is 15.9. The molecule has 228 valence electrons. The first-order valence-electron chi connectivity index (χ1n) is 14.2. The first kappa shape index (κ1) is 29.3. The Kier molecular flexibility index (Phi) is 8.27. The van der Waals surface area contributed by atoms with E-state index in [0.29, 0.717) is 42.5 Å². The van der Waals surface area contributed by atoms with E-state index in [-0.39, 0.29) is 12.0 Å². The summed E-state index contributed by atoms with van der Waals surface area (Å²) in [6.07, 6.45) is 5.19. The van der Waals surface area contributed by atoms with E-state index in [9.17, 15) is 13.6 Å². The number of furan rings is 1. The molecule has 3 atom stereocenters. The maximum absolute atomic E-state index is 14.4. The highest BCUT2D eigenvalue weighted by molar-refractivity contribution is 5.91. The van der Waals surface area contributed by atoms with Gasteiger partial charge in [-0.15, -0.1) is 0 Å². The summed E-state index contributed by atoms with van der Waals surface area (Å²) in [5, 5.41) is 15.2. The van der Waals surface area contributed by atoms with Crippen LogP contribution in [0.15, 0.2) is 83.7 Å². The Balaban J connectivity index is 1.30. The van der Waals surface area contributed by atoms with E-state index in [2.05, 4.69) is 20.6 Å². The second kappa shape index (κ2) is 12.4.